The highest BCUT2D eigenvalue weighted by Crippen LogP contribution is 2.23. The van der Waals surface area contributed by atoms with Crippen LogP contribution in [0.3, 0.4) is 0 Å². The average molecular weight is 464 g/mol. The molecule has 34 heavy (non-hydrogen) atoms. The quantitative estimate of drug-likeness (QED) is 0.629. The Balaban J connectivity index is 1.18. The van der Waals surface area contributed by atoms with Gasteiger partial charge in [-0.25, -0.2) is 0 Å². The molecular formula is C26H33N5O3. The van der Waals surface area contributed by atoms with Crippen molar-refractivity contribution in [3.05, 3.63) is 54.1 Å². The Kier molecular flexibility index (Phi) is 7.92. The first-order valence-corrected chi connectivity index (χ1v) is 12.0. The Labute approximate surface area is 200 Å². The fraction of sp³-hybridized carbons (Fsp3) is 0.423. The number of nitrogens with one attached hydrogen (secondary N) is 2. The molecule has 0 radical (unpaired) electrons. The number of para-hydroxylation sites is 1. The number of nitrogens with zero attached hydrogens (tertiary/aromatic N) is 3. The van der Waals surface area contributed by atoms with Crippen LogP contribution in [0, 0.1) is 0 Å². The average Bonchev–Trinajstić information content (AvgIpc) is 3.27. The number of hydrogen-bond donors (Lipinski definition) is 2. The van der Waals surface area contributed by atoms with E-state index in [1.165, 1.54) is 0 Å². The zero-order valence-electron chi connectivity index (χ0n) is 19.8. The van der Waals surface area contributed by atoms with Gasteiger partial charge in [0.25, 0.3) is 0 Å². The largest absolute Gasteiger partial charge is 0.325 e. The lowest BCUT2D eigenvalue weighted by Crippen LogP contribution is -2.50. The van der Waals surface area contributed by atoms with E-state index in [0.29, 0.717) is 19.5 Å². The lowest BCUT2D eigenvalue weighted by molar-refractivity contribution is -0.120. The molecule has 0 atom stereocenters. The SMILES string of the molecule is CCc1ccccc1NC(=O)CN1CCN(CC(=O)Nc2ccc(N3CCCC3=O)cc2)CC1. The highest BCUT2D eigenvalue weighted by molar-refractivity contribution is 5.96. The molecule has 0 saturated carbocycles. The van der Waals surface area contributed by atoms with Crippen molar-refractivity contribution < 1.29 is 14.4 Å². The summed E-state index contributed by atoms with van der Waals surface area (Å²) in [7, 11) is 0. The maximum atomic E-state index is 12.5. The van der Waals surface area contributed by atoms with Crippen LogP contribution in [-0.4, -0.2) is 73.3 Å². The summed E-state index contributed by atoms with van der Waals surface area (Å²) in [5.41, 5.74) is 3.61. The second-order valence-electron chi connectivity index (χ2n) is 8.86. The van der Waals surface area contributed by atoms with E-state index in [9.17, 15) is 14.4 Å². The van der Waals surface area contributed by atoms with Crippen LogP contribution in [-0.2, 0) is 20.8 Å². The molecule has 4 rings (SSSR count). The molecule has 180 valence electrons. The fourth-order valence-corrected chi connectivity index (χ4v) is 4.50. The number of anilines is 3. The Morgan fingerprint density at radius 3 is 2.03 bits per heavy atom. The number of piperazine rings is 1. The molecule has 2 aliphatic heterocycles. The monoisotopic (exact) mass is 463 g/mol. The van der Waals surface area contributed by atoms with Gasteiger partial charge in [0.2, 0.25) is 17.7 Å². The number of carbonyl (C=O) groups excluding carboxylic acids is 3. The number of benzene rings is 2. The second-order valence-corrected chi connectivity index (χ2v) is 8.86. The Hall–Kier alpha value is -3.23. The molecule has 2 aliphatic rings. The summed E-state index contributed by atoms with van der Waals surface area (Å²) in [5, 5.41) is 5.96. The number of rotatable bonds is 8. The first kappa shape index (κ1) is 23.9. The normalized spacial score (nSPS) is 17.1. The van der Waals surface area contributed by atoms with E-state index in [1.807, 2.05) is 48.5 Å². The van der Waals surface area contributed by atoms with Crippen LogP contribution in [0.2, 0.25) is 0 Å². The van der Waals surface area contributed by atoms with E-state index in [4.69, 9.17) is 0 Å². The molecule has 2 saturated heterocycles. The first-order chi connectivity index (χ1) is 16.5. The third-order valence-electron chi connectivity index (χ3n) is 6.41. The molecule has 0 bridgehead atoms. The second kappa shape index (κ2) is 11.3. The van der Waals surface area contributed by atoms with Gasteiger partial charge in [-0.2, -0.15) is 0 Å². The molecule has 2 N–H and O–H groups in total. The van der Waals surface area contributed by atoms with E-state index in [1.54, 1.807) is 4.90 Å². The van der Waals surface area contributed by atoms with Crippen molar-refractivity contribution in [1.82, 2.24) is 9.80 Å². The number of carbonyl (C=O) groups is 3. The van der Waals surface area contributed by atoms with E-state index in [2.05, 4.69) is 27.4 Å². The molecule has 3 amide bonds. The van der Waals surface area contributed by atoms with Crippen molar-refractivity contribution >= 4 is 34.8 Å². The minimum absolute atomic E-state index is 0.00818. The number of amides is 3. The minimum Gasteiger partial charge on any atom is -0.325 e. The third kappa shape index (κ3) is 6.21. The van der Waals surface area contributed by atoms with Crippen LogP contribution in [0.1, 0.15) is 25.3 Å². The summed E-state index contributed by atoms with van der Waals surface area (Å²) < 4.78 is 0. The van der Waals surface area contributed by atoms with Crippen molar-refractivity contribution in [3.8, 4) is 0 Å². The smallest absolute Gasteiger partial charge is 0.238 e. The highest BCUT2D eigenvalue weighted by Gasteiger charge is 2.22. The standard InChI is InChI=1S/C26H33N5O3/c1-2-20-6-3-4-7-23(20)28-25(33)19-30-16-14-29(15-17-30)18-24(32)27-21-9-11-22(12-10-21)31-13-5-8-26(31)34/h3-4,6-7,9-12H,2,5,8,13-19H2,1H3,(H,27,32)(H,28,33). The predicted molar refractivity (Wildman–Crippen MR) is 134 cm³/mol. The van der Waals surface area contributed by atoms with Crippen molar-refractivity contribution in [2.45, 2.75) is 26.2 Å². The molecule has 0 aliphatic carbocycles. The van der Waals surface area contributed by atoms with Gasteiger partial charge in [0.15, 0.2) is 0 Å². The third-order valence-corrected chi connectivity index (χ3v) is 6.41. The van der Waals surface area contributed by atoms with Crippen LogP contribution < -0.4 is 15.5 Å². The molecule has 8 heteroatoms. The van der Waals surface area contributed by atoms with Gasteiger partial charge in [-0.05, 0) is 48.7 Å². The summed E-state index contributed by atoms with van der Waals surface area (Å²) in [6, 6.07) is 15.3. The summed E-state index contributed by atoms with van der Waals surface area (Å²) >= 11 is 0. The molecule has 0 spiro atoms. The van der Waals surface area contributed by atoms with Gasteiger partial charge < -0.3 is 15.5 Å². The maximum Gasteiger partial charge on any atom is 0.238 e. The zero-order valence-corrected chi connectivity index (χ0v) is 19.8. The van der Waals surface area contributed by atoms with Crippen LogP contribution in [0.25, 0.3) is 0 Å². The van der Waals surface area contributed by atoms with Crippen LogP contribution in [0.4, 0.5) is 17.1 Å². The molecule has 2 aromatic rings. The molecule has 0 aromatic heterocycles. The van der Waals surface area contributed by atoms with Crippen molar-refractivity contribution in [2.24, 2.45) is 0 Å². The van der Waals surface area contributed by atoms with Gasteiger partial charge in [0, 0.05) is 56.2 Å². The van der Waals surface area contributed by atoms with Crippen molar-refractivity contribution in [3.63, 3.8) is 0 Å². The Morgan fingerprint density at radius 1 is 0.824 bits per heavy atom. The number of aryl methyl sites for hydroxylation is 1. The Morgan fingerprint density at radius 2 is 1.44 bits per heavy atom. The lowest BCUT2D eigenvalue weighted by Gasteiger charge is -2.33. The van der Waals surface area contributed by atoms with E-state index < -0.39 is 0 Å². The maximum absolute atomic E-state index is 12.5. The zero-order chi connectivity index (χ0) is 23.9. The first-order valence-electron chi connectivity index (χ1n) is 12.0. The van der Waals surface area contributed by atoms with Gasteiger partial charge in [-0.1, -0.05) is 25.1 Å². The molecule has 8 nitrogen and oxygen atoms in total. The molecular weight excluding hydrogens is 430 g/mol. The minimum atomic E-state index is -0.0626. The highest BCUT2D eigenvalue weighted by atomic mass is 16.2. The van der Waals surface area contributed by atoms with E-state index in [-0.39, 0.29) is 17.7 Å². The van der Waals surface area contributed by atoms with Gasteiger partial charge >= 0.3 is 0 Å². The molecule has 2 heterocycles. The van der Waals surface area contributed by atoms with Gasteiger partial charge in [-0.3, -0.25) is 24.2 Å². The summed E-state index contributed by atoms with van der Waals surface area (Å²) in [6.07, 6.45) is 2.37. The summed E-state index contributed by atoms with van der Waals surface area (Å²) in [6.45, 7) is 6.46. The fourth-order valence-electron chi connectivity index (χ4n) is 4.50. The van der Waals surface area contributed by atoms with Crippen LogP contribution in [0.15, 0.2) is 48.5 Å². The Bertz CT molecular complexity index is 1020. The predicted octanol–water partition coefficient (Wildman–Crippen LogP) is 2.57. The van der Waals surface area contributed by atoms with E-state index >= 15 is 0 Å². The van der Waals surface area contributed by atoms with Gasteiger partial charge in [0.05, 0.1) is 13.1 Å². The summed E-state index contributed by atoms with van der Waals surface area (Å²) in [4.78, 5) is 42.9. The molecule has 2 aromatic carbocycles. The van der Waals surface area contributed by atoms with Crippen molar-refractivity contribution in [2.75, 3.05) is 61.3 Å². The van der Waals surface area contributed by atoms with Gasteiger partial charge in [0.1, 0.15) is 0 Å². The van der Waals surface area contributed by atoms with Crippen molar-refractivity contribution in [1.29, 1.82) is 0 Å². The number of hydrogen-bond acceptors (Lipinski definition) is 5. The topological polar surface area (TPSA) is 85.0 Å². The van der Waals surface area contributed by atoms with Gasteiger partial charge in [-0.15, -0.1) is 0 Å². The lowest BCUT2D eigenvalue weighted by atomic mass is 10.1. The van der Waals surface area contributed by atoms with Crippen LogP contribution >= 0.6 is 0 Å². The molecule has 0 unspecified atom stereocenters. The van der Waals surface area contributed by atoms with E-state index in [0.717, 1.165) is 68.2 Å². The van der Waals surface area contributed by atoms with Crippen LogP contribution in [0.5, 0.6) is 0 Å². The molecule has 2 fully saturated rings. The summed E-state index contributed by atoms with van der Waals surface area (Å²) in [5.74, 6) is 0.0812.